The number of hydrogen-bond acceptors (Lipinski definition) is 3. The molecular formula is C13H21F2N3O3. The minimum absolute atomic E-state index is 0.0369. The summed E-state index contributed by atoms with van der Waals surface area (Å²) in [7, 11) is 1.46. The van der Waals surface area contributed by atoms with Crippen LogP contribution in [0.5, 0.6) is 0 Å². The van der Waals surface area contributed by atoms with Gasteiger partial charge in [0, 0.05) is 59.2 Å². The van der Waals surface area contributed by atoms with Crippen LogP contribution >= 0.6 is 0 Å². The van der Waals surface area contributed by atoms with Crippen molar-refractivity contribution in [3.63, 3.8) is 0 Å². The molecule has 8 heteroatoms. The first-order chi connectivity index (χ1) is 9.93. The molecule has 3 amide bonds. The number of likely N-dealkylation sites (tertiary alicyclic amines) is 1. The molecule has 6 nitrogen and oxygen atoms in total. The number of alkyl halides is 2. The molecule has 120 valence electrons. The van der Waals surface area contributed by atoms with Crippen molar-refractivity contribution in [2.75, 3.05) is 53.0 Å². The number of carbonyl (C=O) groups excluding carboxylic acids is 2. The van der Waals surface area contributed by atoms with Gasteiger partial charge in [-0.05, 0) is 0 Å². The SMILES string of the molecule is COCC(=O)N1CCN(C(=O)N2CCC(F)(F)CC2)CC1. The van der Waals surface area contributed by atoms with Crippen molar-refractivity contribution in [1.29, 1.82) is 0 Å². The zero-order valence-electron chi connectivity index (χ0n) is 12.2. The maximum atomic E-state index is 13.1. The zero-order valence-corrected chi connectivity index (χ0v) is 12.2. The van der Waals surface area contributed by atoms with Gasteiger partial charge in [-0.3, -0.25) is 4.79 Å². The number of piperidine rings is 1. The molecule has 21 heavy (non-hydrogen) atoms. The summed E-state index contributed by atoms with van der Waals surface area (Å²) in [4.78, 5) is 28.6. The molecule has 0 aromatic heterocycles. The molecule has 0 radical (unpaired) electrons. The van der Waals surface area contributed by atoms with Crippen molar-refractivity contribution in [2.24, 2.45) is 0 Å². The average molecular weight is 305 g/mol. The predicted molar refractivity (Wildman–Crippen MR) is 71.2 cm³/mol. The van der Waals surface area contributed by atoms with Crippen LogP contribution in [0.3, 0.4) is 0 Å². The van der Waals surface area contributed by atoms with Crippen LogP contribution < -0.4 is 0 Å². The van der Waals surface area contributed by atoms with Gasteiger partial charge < -0.3 is 19.4 Å². The second kappa shape index (κ2) is 6.55. The molecule has 0 spiro atoms. The molecule has 0 aromatic rings. The molecule has 2 fully saturated rings. The van der Waals surface area contributed by atoms with Crippen molar-refractivity contribution < 1.29 is 23.1 Å². The lowest BCUT2D eigenvalue weighted by Crippen LogP contribution is -2.56. The van der Waals surface area contributed by atoms with Gasteiger partial charge >= 0.3 is 6.03 Å². The fraction of sp³-hybridized carbons (Fsp3) is 0.846. The van der Waals surface area contributed by atoms with E-state index in [4.69, 9.17) is 4.74 Å². The summed E-state index contributed by atoms with van der Waals surface area (Å²) in [6, 6.07) is -0.204. The summed E-state index contributed by atoms with van der Waals surface area (Å²) in [5.41, 5.74) is 0. The third-order valence-corrected chi connectivity index (χ3v) is 3.94. The Morgan fingerprint density at radius 3 is 1.95 bits per heavy atom. The summed E-state index contributed by atoms with van der Waals surface area (Å²) < 4.78 is 31.0. The second-order valence-electron chi connectivity index (χ2n) is 5.43. The van der Waals surface area contributed by atoms with E-state index in [0.717, 1.165) is 0 Å². The molecule has 2 aliphatic heterocycles. The molecule has 0 saturated carbocycles. The summed E-state index contributed by atoms with van der Waals surface area (Å²) in [5, 5.41) is 0. The Labute approximate surface area is 122 Å². The zero-order chi connectivity index (χ0) is 15.5. The third-order valence-electron chi connectivity index (χ3n) is 3.94. The standard InChI is InChI=1S/C13H21F2N3O3/c1-21-10-11(19)16-6-8-18(9-7-16)12(20)17-4-2-13(14,15)3-5-17/h2-10H2,1H3. The first kappa shape index (κ1) is 15.9. The van der Waals surface area contributed by atoms with Crippen LogP contribution in [0, 0.1) is 0 Å². The van der Waals surface area contributed by atoms with Crippen molar-refractivity contribution in [3.05, 3.63) is 0 Å². The molecule has 2 rings (SSSR count). The van der Waals surface area contributed by atoms with Gasteiger partial charge in [0.2, 0.25) is 5.91 Å². The Morgan fingerprint density at radius 2 is 1.43 bits per heavy atom. The number of hydrogen-bond donors (Lipinski definition) is 0. The van der Waals surface area contributed by atoms with Gasteiger partial charge in [-0.25, -0.2) is 13.6 Å². The number of ether oxygens (including phenoxy) is 1. The molecule has 0 bridgehead atoms. The van der Waals surface area contributed by atoms with Crippen molar-refractivity contribution in [3.8, 4) is 0 Å². The Hall–Kier alpha value is -1.44. The van der Waals surface area contributed by atoms with Crippen LogP contribution in [0.2, 0.25) is 0 Å². The Bertz CT molecular complexity index is 388. The predicted octanol–water partition coefficient (Wildman–Crippen LogP) is 0.628. The lowest BCUT2D eigenvalue weighted by molar-refractivity contribution is -0.136. The number of halogens is 2. The Morgan fingerprint density at radius 1 is 0.952 bits per heavy atom. The highest BCUT2D eigenvalue weighted by Crippen LogP contribution is 2.28. The highest BCUT2D eigenvalue weighted by Gasteiger charge is 2.37. The highest BCUT2D eigenvalue weighted by molar-refractivity contribution is 5.78. The van der Waals surface area contributed by atoms with Crippen molar-refractivity contribution in [1.82, 2.24) is 14.7 Å². The van der Waals surface area contributed by atoms with E-state index in [-0.39, 0.29) is 44.5 Å². The van der Waals surface area contributed by atoms with Crippen molar-refractivity contribution in [2.45, 2.75) is 18.8 Å². The lowest BCUT2D eigenvalue weighted by Gasteiger charge is -2.39. The molecule has 0 aromatic carbocycles. The molecule has 0 N–H and O–H groups in total. The summed E-state index contributed by atoms with van der Waals surface area (Å²) in [6.45, 7) is 2.00. The Kier molecular flexibility index (Phi) is 4.97. The van der Waals surface area contributed by atoms with Crippen LogP contribution in [-0.4, -0.2) is 85.5 Å². The quantitative estimate of drug-likeness (QED) is 0.752. The van der Waals surface area contributed by atoms with E-state index >= 15 is 0 Å². The molecule has 0 unspecified atom stereocenters. The molecule has 0 atom stereocenters. The van der Waals surface area contributed by atoms with Crippen LogP contribution in [0.15, 0.2) is 0 Å². The molecular weight excluding hydrogens is 284 g/mol. The van der Waals surface area contributed by atoms with Gasteiger partial charge in [0.25, 0.3) is 5.92 Å². The van der Waals surface area contributed by atoms with E-state index in [0.29, 0.717) is 26.2 Å². The maximum Gasteiger partial charge on any atom is 0.320 e. The summed E-state index contributed by atoms with van der Waals surface area (Å²) in [5.74, 6) is -2.75. The largest absolute Gasteiger partial charge is 0.375 e. The van der Waals surface area contributed by atoms with Crippen LogP contribution in [0.4, 0.5) is 13.6 Å². The number of rotatable bonds is 2. The van der Waals surface area contributed by atoms with Gasteiger partial charge in [-0.1, -0.05) is 0 Å². The van der Waals surface area contributed by atoms with Gasteiger partial charge in [0.05, 0.1) is 0 Å². The molecule has 2 saturated heterocycles. The van der Waals surface area contributed by atoms with Crippen LogP contribution in [0.25, 0.3) is 0 Å². The van der Waals surface area contributed by atoms with E-state index in [1.54, 1.807) is 9.80 Å². The first-order valence-corrected chi connectivity index (χ1v) is 7.11. The average Bonchev–Trinajstić information content (AvgIpc) is 2.47. The topological polar surface area (TPSA) is 53.1 Å². The first-order valence-electron chi connectivity index (χ1n) is 7.11. The van der Waals surface area contributed by atoms with Gasteiger partial charge in [-0.15, -0.1) is 0 Å². The Balaban J connectivity index is 1.79. The minimum atomic E-state index is -2.65. The fourth-order valence-electron chi connectivity index (χ4n) is 2.59. The van der Waals surface area contributed by atoms with Crippen LogP contribution in [0.1, 0.15) is 12.8 Å². The van der Waals surface area contributed by atoms with E-state index in [1.807, 2.05) is 0 Å². The van der Waals surface area contributed by atoms with Gasteiger partial charge in [-0.2, -0.15) is 0 Å². The highest BCUT2D eigenvalue weighted by atomic mass is 19.3. The lowest BCUT2D eigenvalue weighted by atomic mass is 10.1. The van der Waals surface area contributed by atoms with E-state index < -0.39 is 5.92 Å². The summed E-state index contributed by atoms with van der Waals surface area (Å²) >= 11 is 0. The number of nitrogens with zero attached hydrogens (tertiary/aromatic N) is 3. The smallest absolute Gasteiger partial charge is 0.320 e. The number of piperazine rings is 1. The normalized spacial score (nSPS) is 22.3. The minimum Gasteiger partial charge on any atom is -0.375 e. The maximum absolute atomic E-state index is 13.1. The molecule has 2 heterocycles. The number of methoxy groups -OCH3 is 1. The molecule has 2 aliphatic rings. The van der Waals surface area contributed by atoms with Crippen molar-refractivity contribution >= 4 is 11.9 Å². The van der Waals surface area contributed by atoms with Gasteiger partial charge in [0.15, 0.2) is 0 Å². The van der Waals surface area contributed by atoms with E-state index in [1.165, 1.54) is 12.0 Å². The van der Waals surface area contributed by atoms with Crippen LogP contribution in [-0.2, 0) is 9.53 Å². The number of urea groups is 1. The monoisotopic (exact) mass is 305 g/mol. The van der Waals surface area contributed by atoms with E-state index in [9.17, 15) is 18.4 Å². The summed E-state index contributed by atoms with van der Waals surface area (Å²) in [6.07, 6.45) is -0.546. The number of amides is 3. The molecule has 0 aliphatic carbocycles. The third kappa shape index (κ3) is 4.03. The van der Waals surface area contributed by atoms with E-state index in [2.05, 4.69) is 0 Å². The fourth-order valence-corrected chi connectivity index (χ4v) is 2.59. The second-order valence-corrected chi connectivity index (χ2v) is 5.43. The van der Waals surface area contributed by atoms with Gasteiger partial charge in [0.1, 0.15) is 6.61 Å². The number of carbonyl (C=O) groups is 2.